The lowest BCUT2D eigenvalue weighted by Gasteiger charge is -2.62. The molecule has 4 aliphatic rings. The number of rotatable bonds is 5. The molecule has 0 spiro atoms. The molecule has 10 atom stereocenters. The van der Waals surface area contributed by atoms with Crippen LogP contribution in [0.5, 0.6) is 0 Å². The number of aliphatic hydroxyl groups excluding tert-OH is 1. The maximum Gasteiger partial charge on any atom is 0.509 e. The van der Waals surface area contributed by atoms with Crippen LogP contribution in [0.25, 0.3) is 0 Å². The van der Waals surface area contributed by atoms with Gasteiger partial charge in [-0.1, -0.05) is 33.8 Å². The van der Waals surface area contributed by atoms with Gasteiger partial charge in [0, 0.05) is 22.7 Å². The molecule has 0 aromatic rings. The van der Waals surface area contributed by atoms with E-state index in [2.05, 4.69) is 0 Å². The number of ether oxygens (including phenoxy) is 3. The number of nitrogens with zero attached hydrogens (tertiary/aromatic N) is 1. The number of alkyl halides is 2. The van der Waals surface area contributed by atoms with Crippen LogP contribution >= 0.6 is 0 Å². The van der Waals surface area contributed by atoms with Crippen molar-refractivity contribution in [2.45, 2.75) is 90.5 Å². The molecule has 4 rings (SSSR count). The van der Waals surface area contributed by atoms with Crippen LogP contribution in [0.15, 0.2) is 23.8 Å². The Kier molecular flexibility index (Phi) is 7.25. The fourth-order valence-corrected chi connectivity index (χ4v) is 7.87. The summed E-state index contributed by atoms with van der Waals surface area (Å²) in [5.41, 5.74) is -7.37. The molecule has 214 valence electrons. The van der Waals surface area contributed by atoms with Crippen molar-refractivity contribution < 1.29 is 42.5 Å². The van der Waals surface area contributed by atoms with Crippen molar-refractivity contribution in [2.75, 3.05) is 6.61 Å². The maximum atomic E-state index is 17.4. The van der Waals surface area contributed by atoms with Crippen molar-refractivity contribution in [3.05, 3.63) is 23.8 Å². The number of carbonyl (C=O) groups excluding carboxylic acids is 3. The highest BCUT2D eigenvalue weighted by molar-refractivity contribution is 6.01. The first-order valence-electron chi connectivity index (χ1n) is 13.5. The number of esters is 1. The minimum Gasteiger partial charge on any atom is -0.447 e. The first kappa shape index (κ1) is 29.2. The lowest BCUT2D eigenvalue weighted by Crippen LogP contribution is -2.71. The number of hydrogen-bond donors (Lipinski definition) is 1. The monoisotopic (exact) mass is 549 g/mol. The predicted molar refractivity (Wildman–Crippen MR) is 134 cm³/mol. The molecule has 0 aromatic carbocycles. The summed E-state index contributed by atoms with van der Waals surface area (Å²) < 4.78 is 49.6. The maximum absolute atomic E-state index is 17.4. The fourth-order valence-electron chi connectivity index (χ4n) is 7.87. The van der Waals surface area contributed by atoms with E-state index in [0.29, 0.717) is 0 Å². The Labute approximate surface area is 227 Å². The smallest absolute Gasteiger partial charge is 0.447 e. The summed E-state index contributed by atoms with van der Waals surface area (Å²) >= 11 is 0. The summed E-state index contributed by atoms with van der Waals surface area (Å²) in [4.78, 5) is 38.8. The van der Waals surface area contributed by atoms with Gasteiger partial charge < -0.3 is 19.3 Å². The minimum absolute atomic E-state index is 0.00959. The molecule has 0 radical (unpaired) electrons. The Morgan fingerprint density at radius 2 is 1.90 bits per heavy atom. The van der Waals surface area contributed by atoms with Gasteiger partial charge in [-0.2, -0.15) is 5.26 Å². The van der Waals surface area contributed by atoms with Crippen molar-refractivity contribution >= 4 is 17.9 Å². The summed E-state index contributed by atoms with van der Waals surface area (Å²) in [7, 11) is 0. The summed E-state index contributed by atoms with van der Waals surface area (Å²) in [6.07, 6.45) is -1.85. The van der Waals surface area contributed by atoms with Crippen LogP contribution in [0.1, 0.15) is 60.8 Å². The average Bonchev–Trinajstić information content (AvgIpc) is 3.07. The third-order valence-electron chi connectivity index (χ3n) is 10.2. The molecule has 3 saturated carbocycles. The van der Waals surface area contributed by atoms with E-state index in [1.807, 2.05) is 13.8 Å². The van der Waals surface area contributed by atoms with Crippen LogP contribution in [0.3, 0.4) is 0 Å². The lowest BCUT2D eigenvalue weighted by molar-refractivity contribution is -0.234. The fraction of sp³-hybridized carbons (Fsp3) is 0.724. The summed E-state index contributed by atoms with van der Waals surface area (Å²) in [5.74, 6) is -4.01. The summed E-state index contributed by atoms with van der Waals surface area (Å²) in [5, 5.41) is 20.6. The highest BCUT2D eigenvalue weighted by Gasteiger charge is 2.79. The van der Waals surface area contributed by atoms with Crippen molar-refractivity contribution in [3.8, 4) is 6.07 Å². The molecule has 8 nitrogen and oxygen atoms in total. The largest absolute Gasteiger partial charge is 0.509 e. The third-order valence-corrected chi connectivity index (χ3v) is 10.2. The molecular formula is C29H37F2NO7. The zero-order valence-corrected chi connectivity index (χ0v) is 23.2. The third kappa shape index (κ3) is 3.94. The van der Waals surface area contributed by atoms with Gasteiger partial charge in [-0.3, -0.25) is 4.79 Å². The Morgan fingerprint density at radius 1 is 1.23 bits per heavy atom. The summed E-state index contributed by atoms with van der Waals surface area (Å²) in [6.45, 7) is 9.52. The number of ketones is 1. The van der Waals surface area contributed by atoms with E-state index in [1.54, 1.807) is 26.8 Å². The SMILES string of the molecule is CC(C)C(C)OC(=O)OC1(C(=O)OCC#N)[C@H](C)C[C@H]2[C@@H]3C[C@H](F)C4=CC(=O)C=C[C@]4(C)[C@@]3(F)[C@@H](O)C[C@@]21C. The van der Waals surface area contributed by atoms with Crippen LogP contribution in [-0.4, -0.2) is 59.3 Å². The van der Waals surface area contributed by atoms with Crippen LogP contribution in [-0.2, 0) is 23.8 Å². The number of halogens is 2. The predicted octanol–water partition coefficient (Wildman–Crippen LogP) is 4.55. The molecule has 0 saturated heterocycles. The van der Waals surface area contributed by atoms with E-state index < -0.39 is 82.7 Å². The van der Waals surface area contributed by atoms with Crippen LogP contribution in [0.4, 0.5) is 13.6 Å². The number of nitriles is 1. The minimum atomic E-state index is -2.36. The number of allylic oxidation sites excluding steroid dienone is 4. The second kappa shape index (κ2) is 9.69. The van der Waals surface area contributed by atoms with E-state index in [-0.39, 0.29) is 30.8 Å². The van der Waals surface area contributed by atoms with Gasteiger partial charge in [0.05, 0.1) is 6.10 Å². The van der Waals surface area contributed by atoms with Crippen molar-refractivity contribution in [1.82, 2.24) is 0 Å². The Morgan fingerprint density at radius 3 is 2.51 bits per heavy atom. The molecule has 0 bridgehead atoms. The summed E-state index contributed by atoms with van der Waals surface area (Å²) in [6, 6.07) is 1.73. The Hall–Kier alpha value is -2.80. The van der Waals surface area contributed by atoms with E-state index in [4.69, 9.17) is 19.5 Å². The highest BCUT2D eigenvalue weighted by atomic mass is 19.1. The lowest BCUT2D eigenvalue weighted by atomic mass is 9.44. The van der Waals surface area contributed by atoms with Crippen molar-refractivity contribution in [1.29, 1.82) is 5.26 Å². The van der Waals surface area contributed by atoms with Gasteiger partial charge >= 0.3 is 12.1 Å². The van der Waals surface area contributed by atoms with Gasteiger partial charge in [-0.25, -0.2) is 18.4 Å². The normalized spacial score (nSPS) is 43.4. The second-order valence-corrected chi connectivity index (χ2v) is 12.4. The van der Waals surface area contributed by atoms with Gasteiger partial charge in [-0.05, 0) is 62.7 Å². The molecule has 3 fully saturated rings. The van der Waals surface area contributed by atoms with Crippen LogP contribution < -0.4 is 0 Å². The Bertz CT molecular complexity index is 1160. The highest BCUT2D eigenvalue weighted by Crippen LogP contribution is 2.71. The molecule has 39 heavy (non-hydrogen) atoms. The Balaban J connectivity index is 1.82. The number of aliphatic hydroxyl groups is 1. The molecule has 1 N–H and O–H groups in total. The zero-order chi connectivity index (χ0) is 29.1. The first-order chi connectivity index (χ1) is 18.1. The molecular weight excluding hydrogens is 512 g/mol. The molecule has 0 amide bonds. The molecule has 0 aromatic heterocycles. The van der Waals surface area contributed by atoms with Gasteiger partial charge in [0.1, 0.15) is 18.3 Å². The average molecular weight is 550 g/mol. The first-order valence-corrected chi connectivity index (χ1v) is 13.5. The number of hydrogen-bond acceptors (Lipinski definition) is 8. The van der Waals surface area contributed by atoms with Gasteiger partial charge in [0.2, 0.25) is 5.60 Å². The van der Waals surface area contributed by atoms with E-state index in [0.717, 1.165) is 6.08 Å². The quantitative estimate of drug-likeness (QED) is 0.496. The second-order valence-electron chi connectivity index (χ2n) is 12.4. The van der Waals surface area contributed by atoms with Gasteiger partial charge in [0.25, 0.3) is 0 Å². The van der Waals surface area contributed by atoms with Gasteiger partial charge in [-0.15, -0.1) is 0 Å². The number of fused-ring (bicyclic) bond motifs is 5. The standard InChI is InChI=1S/C29H37F2NO7/c1-15(2)17(4)38-25(36)39-29(24(35)37-10-9-32)16(3)11-19-20-13-22(30)21-12-18(33)7-8-26(21,5)28(20,31)23(34)14-27(19,29)6/h7-8,12,15-17,19-20,22-23,34H,10-11,13-14H2,1-6H3/t16-,17?,19+,20+,22+,23+,26+,27+,28+,29?/m1/s1. The van der Waals surface area contributed by atoms with Crippen LogP contribution in [0.2, 0.25) is 0 Å². The number of carbonyl (C=O) groups is 3. The topological polar surface area (TPSA) is 123 Å². The molecule has 10 heteroatoms. The van der Waals surface area contributed by atoms with E-state index in [1.165, 1.54) is 19.1 Å². The van der Waals surface area contributed by atoms with Crippen molar-refractivity contribution in [2.24, 2.45) is 34.5 Å². The van der Waals surface area contributed by atoms with Gasteiger partial charge in [0.15, 0.2) is 18.1 Å². The molecule has 2 unspecified atom stereocenters. The zero-order valence-electron chi connectivity index (χ0n) is 23.2. The van der Waals surface area contributed by atoms with E-state index in [9.17, 15) is 19.5 Å². The van der Waals surface area contributed by atoms with E-state index >= 15 is 8.78 Å². The molecule has 0 heterocycles. The van der Waals surface area contributed by atoms with Crippen molar-refractivity contribution in [3.63, 3.8) is 0 Å². The molecule has 4 aliphatic carbocycles. The van der Waals surface area contributed by atoms with Crippen LogP contribution in [0, 0.1) is 45.8 Å². The molecule has 0 aliphatic heterocycles.